The molecule has 1 aromatic heterocycles. The molecule has 2 amide bonds. The molecule has 7 nitrogen and oxygen atoms in total. The molecule has 3 rings (SSSR count). The van der Waals surface area contributed by atoms with Crippen LogP contribution in [-0.4, -0.2) is 34.7 Å². The molecule has 1 N–H and O–H groups in total. The first-order chi connectivity index (χ1) is 10.5. The number of hydrogen-bond acceptors (Lipinski definition) is 4. The van der Waals surface area contributed by atoms with Crippen LogP contribution in [0, 0.1) is 0 Å². The third kappa shape index (κ3) is 2.89. The summed E-state index contributed by atoms with van der Waals surface area (Å²) in [6.07, 6.45) is 3.20. The Morgan fingerprint density at radius 1 is 1.50 bits per heavy atom. The average Bonchev–Trinajstić information content (AvgIpc) is 2.87. The van der Waals surface area contributed by atoms with Crippen molar-refractivity contribution in [3.8, 4) is 5.75 Å². The van der Waals surface area contributed by atoms with E-state index in [0.29, 0.717) is 22.1 Å². The first-order valence-electron chi connectivity index (χ1n) is 6.54. The van der Waals surface area contributed by atoms with Crippen LogP contribution in [0.15, 0.2) is 30.6 Å². The van der Waals surface area contributed by atoms with E-state index in [1.54, 1.807) is 36.1 Å². The number of nitrogens with one attached hydrogen (secondary N) is 1. The van der Waals surface area contributed by atoms with Gasteiger partial charge in [-0.1, -0.05) is 11.6 Å². The number of rotatable bonds is 3. The summed E-state index contributed by atoms with van der Waals surface area (Å²) in [5.41, 5.74) is 1.06. The highest BCUT2D eigenvalue weighted by molar-refractivity contribution is 6.31. The molecule has 8 heteroatoms. The Balaban J connectivity index is 1.78. The summed E-state index contributed by atoms with van der Waals surface area (Å²) in [4.78, 5) is 25.5. The van der Waals surface area contributed by atoms with E-state index >= 15 is 0 Å². The van der Waals surface area contributed by atoms with E-state index < -0.39 is 0 Å². The predicted molar refractivity (Wildman–Crippen MR) is 81.1 cm³/mol. The van der Waals surface area contributed by atoms with Crippen molar-refractivity contribution in [1.29, 1.82) is 0 Å². The maximum absolute atomic E-state index is 12.1. The van der Waals surface area contributed by atoms with Gasteiger partial charge in [-0.15, -0.1) is 0 Å². The van der Waals surface area contributed by atoms with Gasteiger partial charge in [0.15, 0.2) is 6.61 Å². The van der Waals surface area contributed by atoms with Crippen molar-refractivity contribution in [3.05, 3.63) is 35.6 Å². The fourth-order valence-electron chi connectivity index (χ4n) is 2.18. The van der Waals surface area contributed by atoms with Gasteiger partial charge in [0.25, 0.3) is 5.91 Å². The largest absolute Gasteiger partial charge is 0.482 e. The Bertz CT molecular complexity index is 743. The number of amides is 2. The number of aryl methyl sites for hydroxylation is 1. The molecule has 0 saturated carbocycles. The number of ether oxygens (including phenoxy) is 1. The van der Waals surface area contributed by atoms with E-state index in [1.165, 1.54) is 11.1 Å². The van der Waals surface area contributed by atoms with Crippen LogP contribution in [0.25, 0.3) is 0 Å². The van der Waals surface area contributed by atoms with Gasteiger partial charge in [0.2, 0.25) is 5.91 Å². The molecule has 0 fully saturated rings. The Morgan fingerprint density at radius 3 is 3.05 bits per heavy atom. The topological polar surface area (TPSA) is 76.5 Å². The lowest BCUT2D eigenvalue weighted by atomic mass is 10.2. The van der Waals surface area contributed by atoms with Crippen molar-refractivity contribution in [1.82, 2.24) is 9.78 Å². The number of nitrogens with zero attached hydrogens (tertiary/aromatic N) is 3. The highest BCUT2D eigenvalue weighted by atomic mass is 35.5. The number of hydrogen-bond donors (Lipinski definition) is 1. The fraction of sp³-hybridized carbons (Fsp3) is 0.214. The number of carbonyl (C=O) groups excluding carboxylic acids is 2. The molecule has 1 aliphatic heterocycles. The molecule has 0 radical (unpaired) electrons. The smallest absolute Gasteiger partial charge is 0.265 e. The van der Waals surface area contributed by atoms with Gasteiger partial charge >= 0.3 is 0 Å². The van der Waals surface area contributed by atoms with Crippen molar-refractivity contribution in [2.45, 2.75) is 0 Å². The number of halogens is 1. The van der Waals surface area contributed by atoms with Crippen LogP contribution in [0.5, 0.6) is 5.75 Å². The third-order valence-corrected chi connectivity index (χ3v) is 3.39. The third-order valence-electron chi connectivity index (χ3n) is 3.15. The number of fused-ring (bicyclic) bond motifs is 1. The summed E-state index contributed by atoms with van der Waals surface area (Å²) in [6, 6.07) is 4.95. The lowest BCUT2D eigenvalue weighted by Crippen LogP contribution is -2.43. The van der Waals surface area contributed by atoms with Gasteiger partial charge < -0.3 is 10.1 Å². The second-order valence-corrected chi connectivity index (χ2v) is 5.27. The van der Waals surface area contributed by atoms with E-state index in [2.05, 4.69) is 10.4 Å². The molecule has 0 aliphatic carbocycles. The normalized spacial score (nSPS) is 13.5. The molecule has 0 unspecified atom stereocenters. The molecular formula is C14H13ClN4O3. The zero-order valence-corrected chi connectivity index (χ0v) is 12.5. The molecule has 2 aromatic rings. The summed E-state index contributed by atoms with van der Waals surface area (Å²) in [7, 11) is 1.75. The molecule has 0 atom stereocenters. The van der Waals surface area contributed by atoms with Gasteiger partial charge in [0, 0.05) is 18.3 Å². The second-order valence-electron chi connectivity index (χ2n) is 4.83. The Morgan fingerprint density at radius 2 is 2.32 bits per heavy atom. The average molecular weight is 321 g/mol. The number of benzene rings is 1. The van der Waals surface area contributed by atoms with E-state index in [-0.39, 0.29) is 25.0 Å². The zero-order chi connectivity index (χ0) is 15.7. The van der Waals surface area contributed by atoms with Gasteiger partial charge in [-0.25, -0.2) is 0 Å². The molecule has 1 aliphatic rings. The van der Waals surface area contributed by atoms with Crippen LogP contribution >= 0.6 is 11.6 Å². The Kier molecular flexibility index (Phi) is 3.72. The van der Waals surface area contributed by atoms with Crippen molar-refractivity contribution >= 4 is 34.8 Å². The van der Waals surface area contributed by atoms with Gasteiger partial charge in [-0.3, -0.25) is 19.2 Å². The summed E-state index contributed by atoms with van der Waals surface area (Å²) in [6.45, 7) is -0.223. The maximum atomic E-state index is 12.1. The molecule has 22 heavy (non-hydrogen) atoms. The number of carbonyl (C=O) groups is 2. The lowest BCUT2D eigenvalue weighted by molar-refractivity contribution is -0.123. The minimum atomic E-state index is -0.325. The van der Waals surface area contributed by atoms with Gasteiger partial charge in [-0.2, -0.15) is 5.10 Å². The van der Waals surface area contributed by atoms with Crippen molar-refractivity contribution in [2.24, 2.45) is 7.05 Å². The molecule has 114 valence electrons. The number of anilines is 2. The highest BCUT2D eigenvalue weighted by Crippen LogP contribution is 2.34. The minimum absolute atomic E-state index is 0.102. The fourth-order valence-corrected chi connectivity index (χ4v) is 2.34. The summed E-state index contributed by atoms with van der Waals surface area (Å²) < 4.78 is 6.90. The quantitative estimate of drug-likeness (QED) is 0.928. The second kappa shape index (κ2) is 5.69. The van der Waals surface area contributed by atoms with Gasteiger partial charge in [-0.05, 0) is 18.2 Å². The summed E-state index contributed by atoms with van der Waals surface area (Å²) >= 11 is 5.95. The first kappa shape index (κ1) is 14.4. The van der Waals surface area contributed by atoms with Crippen molar-refractivity contribution in [2.75, 3.05) is 23.4 Å². The van der Waals surface area contributed by atoms with Gasteiger partial charge in [0.1, 0.15) is 12.3 Å². The first-order valence-corrected chi connectivity index (χ1v) is 6.92. The molecule has 1 aromatic carbocycles. The van der Waals surface area contributed by atoms with Crippen LogP contribution < -0.4 is 15.0 Å². The van der Waals surface area contributed by atoms with Crippen LogP contribution in [0.3, 0.4) is 0 Å². The van der Waals surface area contributed by atoms with Gasteiger partial charge in [0.05, 0.1) is 17.6 Å². The monoisotopic (exact) mass is 320 g/mol. The van der Waals surface area contributed by atoms with E-state index in [9.17, 15) is 9.59 Å². The minimum Gasteiger partial charge on any atom is -0.482 e. The maximum Gasteiger partial charge on any atom is 0.265 e. The van der Waals surface area contributed by atoms with Crippen LogP contribution in [-0.2, 0) is 16.6 Å². The summed E-state index contributed by atoms with van der Waals surface area (Å²) in [5.74, 6) is -0.0940. The van der Waals surface area contributed by atoms with Crippen LogP contribution in [0.4, 0.5) is 11.4 Å². The molecule has 0 spiro atoms. The lowest BCUT2D eigenvalue weighted by Gasteiger charge is -2.28. The Hall–Kier alpha value is -2.54. The molecule has 0 bridgehead atoms. The molecule has 2 heterocycles. The zero-order valence-electron chi connectivity index (χ0n) is 11.7. The number of aromatic nitrogens is 2. The summed E-state index contributed by atoms with van der Waals surface area (Å²) in [5, 5.41) is 7.12. The van der Waals surface area contributed by atoms with E-state index in [0.717, 1.165) is 0 Å². The van der Waals surface area contributed by atoms with Crippen molar-refractivity contribution < 1.29 is 14.3 Å². The van der Waals surface area contributed by atoms with Crippen molar-refractivity contribution in [3.63, 3.8) is 0 Å². The molecular weight excluding hydrogens is 308 g/mol. The highest BCUT2D eigenvalue weighted by Gasteiger charge is 2.27. The van der Waals surface area contributed by atoms with Crippen LogP contribution in [0.2, 0.25) is 5.02 Å². The van der Waals surface area contributed by atoms with E-state index in [1.807, 2.05) is 0 Å². The SMILES string of the molecule is Cn1cc(NC(=O)CN2C(=O)COc3ccc(Cl)cc32)cn1. The van der Waals surface area contributed by atoms with Crippen LogP contribution in [0.1, 0.15) is 0 Å². The Labute approximate surface area is 131 Å². The standard InChI is InChI=1S/C14H13ClN4O3/c1-18-6-10(5-16-18)17-13(20)7-19-11-4-9(15)2-3-12(11)22-8-14(19)21/h2-6H,7-8H2,1H3,(H,17,20). The van der Waals surface area contributed by atoms with E-state index in [4.69, 9.17) is 16.3 Å². The molecule has 0 saturated heterocycles. The predicted octanol–water partition coefficient (Wildman–Crippen LogP) is 1.44.